The maximum atomic E-state index is 12.7. The highest BCUT2D eigenvalue weighted by Crippen LogP contribution is 2.47. The number of Topliss-reactive ketones (excluding diaryl/α,β-unsaturated/α-hetero) is 1. The topological polar surface area (TPSA) is 95.5 Å². The Morgan fingerprint density at radius 2 is 1.58 bits per heavy atom. The van der Waals surface area contributed by atoms with Crippen molar-refractivity contribution in [3.63, 3.8) is 0 Å². The lowest BCUT2D eigenvalue weighted by Gasteiger charge is -2.27. The molecule has 2 amide bonds. The molecule has 0 fully saturated rings. The van der Waals surface area contributed by atoms with Crippen LogP contribution in [0.4, 0.5) is 11.4 Å². The van der Waals surface area contributed by atoms with Crippen LogP contribution in [0.25, 0.3) is 33.4 Å². The SMILES string of the molecule is CCN(CCCC(=O)CCCN1C(=O)C=CC1=O)c1cc(OC)c(-c2c3ccc(=[N+](C)C)cc-3oc3cc(N(C)C)ccc23)cc1OC. The number of carbonyl (C=O) groups excluding carboxylic acids is 3. The van der Waals surface area contributed by atoms with Crippen LogP contribution in [0.2, 0.25) is 0 Å². The van der Waals surface area contributed by atoms with Gasteiger partial charge >= 0.3 is 0 Å². The molecular weight excluding hydrogens is 608 g/mol. The molecule has 2 heterocycles. The van der Waals surface area contributed by atoms with Gasteiger partial charge in [-0.05, 0) is 44.0 Å². The maximum Gasteiger partial charge on any atom is 0.253 e. The first-order valence-electron chi connectivity index (χ1n) is 16.3. The third-order valence-electron chi connectivity index (χ3n) is 8.84. The highest BCUT2D eigenvalue weighted by Gasteiger charge is 2.25. The van der Waals surface area contributed by atoms with E-state index in [0.717, 1.165) is 50.2 Å². The van der Waals surface area contributed by atoms with Crippen molar-refractivity contribution in [3.8, 4) is 33.9 Å². The fraction of sp³-hybridized carbons (Fsp3) is 0.368. The first-order valence-corrected chi connectivity index (χ1v) is 16.3. The smallest absolute Gasteiger partial charge is 0.253 e. The number of fused-ring (bicyclic) bond motifs is 2. The summed E-state index contributed by atoms with van der Waals surface area (Å²) in [5, 5.41) is 1.99. The molecule has 10 heteroatoms. The summed E-state index contributed by atoms with van der Waals surface area (Å²) in [5.74, 6) is 1.64. The van der Waals surface area contributed by atoms with Crippen molar-refractivity contribution in [1.82, 2.24) is 9.48 Å². The molecule has 3 aliphatic rings. The van der Waals surface area contributed by atoms with E-state index < -0.39 is 0 Å². The summed E-state index contributed by atoms with van der Waals surface area (Å²) in [6.45, 7) is 3.68. The van der Waals surface area contributed by atoms with Crippen LogP contribution in [0.3, 0.4) is 0 Å². The number of ketones is 1. The number of rotatable bonds is 14. The monoisotopic (exact) mass is 653 g/mol. The largest absolute Gasteiger partial charge is 0.496 e. The fourth-order valence-electron chi connectivity index (χ4n) is 6.16. The Hall–Kier alpha value is -5.12. The van der Waals surface area contributed by atoms with Crippen LogP contribution in [0.5, 0.6) is 11.5 Å². The molecule has 0 atom stereocenters. The summed E-state index contributed by atoms with van der Waals surface area (Å²) in [6, 6.07) is 16.5. The molecule has 48 heavy (non-hydrogen) atoms. The number of nitrogens with zero attached hydrogens (tertiary/aromatic N) is 4. The molecule has 0 unspecified atom stereocenters. The first kappa shape index (κ1) is 34.2. The van der Waals surface area contributed by atoms with Crippen molar-refractivity contribution in [2.75, 3.05) is 71.8 Å². The van der Waals surface area contributed by atoms with Crippen LogP contribution >= 0.6 is 0 Å². The zero-order valence-corrected chi connectivity index (χ0v) is 29.0. The minimum atomic E-state index is -0.318. The van der Waals surface area contributed by atoms with E-state index in [9.17, 15) is 14.4 Å². The van der Waals surface area contributed by atoms with Gasteiger partial charge in [0.1, 0.15) is 42.7 Å². The van der Waals surface area contributed by atoms with Crippen LogP contribution < -0.4 is 29.2 Å². The third-order valence-corrected chi connectivity index (χ3v) is 8.84. The second kappa shape index (κ2) is 14.8. The zero-order chi connectivity index (χ0) is 34.5. The van der Waals surface area contributed by atoms with Gasteiger partial charge < -0.3 is 23.7 Å². The molecule has 5 rings (SSSR count). The molecule has 2 aliphatic heterocycles. The number of methoxy groups -OCH3 is 2. The summed E-state index contributed by atoms with van der Waals surface area (Å²) >= 11 is 0. The Balaban J connectivity index is 1.44. The Labute approximate surface area is 281 Å². The van der Waals surface area contributed by atoms with E-state index in [1.165, 1.54) is 17.1 Å². The molecule has 0 bridgehead atoms. The lowest BCUT2D eigenvalue weighted by molar-refractivity contribution is -0.137. The van der Waals surface area contributed by atoms with E-state index in [1.54, 1.807) is 14.2 Å². The van der Waals surface area contributed by atoms with Crippen LogP contribution in [-0.2, 0) is 14.4 Å². The van der Waals surface area contributed by atoms with Crippen LogP contribution in [0.15, 0.2) is 65.1 Å². The van der Waals surface area contributed by atoms with Gasteiger partial charge in [-0.3, -0.25) is 19.3 Å². The summed E-state index contributed by atoms with van der Waals surface area (Å²) in [5.41, 5.74) is 5.51. The number of imide groups is 1. The van der Waals surface area contributed by atoms with Gasteiger partial charge in [-0.25, -0.2) is 4.58 Å². The minimum Gasteiger partial charge on any atom is -0.496 e. The summed E-state index contributed by atoms with van der Waals surface area (Å²) in [7, 11) is 11.4. The molecule has 0 saturated heterocycles. The van der Waals surface area contributed by atoms with Gasteiger partial charge in [0.25, 0.3) is 11.8 Å². The number of anilines is 2. The fourth-order valence-corrected chi connectivity index (χ4v) is 6.16. The van der Waals surface area contributed by atoms with Crippen LogP contribution in [0.1, 0.15) is 32.6 Å². The second-order valence-electron chi connectivity index (χ2n) is 12.3. The molecule has 252 valence electrons. The molecule has 2 aromatic rings. The van der Waals surface area contributed by atoms with Gasteiger partial charge in [-0.15, -0.1) is 0 Å². The number of ether oxygens (including phenoxy) is 2. The molecule has 10 nitrogen and oxygen atoms in total. The molecule has 0 radical (unpaired) electrons. The number of hydrogen-bond donors (Lipinski definition) is 0. The maximum absolute atomic E-state index is 12.7. The molecule has 0 N–H and O–H groups in total. The van der Waals surface area contributed by atoms with Crippen molar-refractivity contribution >= 4 is 39.9 Å². The van der Waals surface area contributed by atoms with Gasteiger partial charge in [0, 0.05) is 105 Å². The average Bonchev–Trinajstić information content (AvgIpc) is 3.40. The summed E-state index contributed by atoms with van der Waals surface area (Å²) in [4.78, 5) is 41.6. The Bertz CT molecular complexity index is 1900. The third kappa shape index (κ3) is 7.07. The Morgan fingerprint density at radius 3 is 2.23 bits per heavy atom. The molecule has 1 aliphatic carbocycles. The number of hydrogen-bond acceptors (Lipinski definition) is 8. The lowest BCUT2D eigenvalue weighted by atomic mass is 9.92. The van der Waals surface area contributed by atoms with Gasteiger partial charge in [0.15, 0.2) is 0 Å². The zero-order valence-electron chi connectivity index (χ0n) is 29.0. The van der Waals surface area contributed by atoms with Crippen molar-refractivity contribution in [3.05, 3.63) is 66.0 Å². The van der Waals surface area contributed by atoms with Crippen molar-refractivity contribution in [2.24, 2.45) is 0 Å². The highest BCUT2D eigenvalue weighted by molar-refractivity contribution is 6.12. The molecule has 0 aromatic heterocycles. The molecule has 2 aromatic carbocycles. The molecule has 0 saturated carbocycles. The van der Waals surface area contributed by atoms with Gasteiger partial charge in [0.2, 0.25) is 5.36 Å². The second-order valence-corrected chi connectivity index (χ2v) is 12.3. The van der Waals surface area contributed by atoms with Crippen LogP contribution in [-0.4, -0.2) is 84.5 Å². The normalized spacial score (nSPS) is 12.7. The number of amides is 2. The Kier molecular flexibility index (Phi) is 10.5. The van der Waals surface area contributed by atoms with Crippen molar-refractivity contribution in [2.45, 2.75) is 32.6 Å². The lowest BCUT2D eigenvalue weighted by Crippen LogP contribution is -2.31. The van der Waals surface area contributed by atoms with E-state index in [4.69, 9.17) is 13.9 Å². The van der Waals surface area contributed by atoms with Gasteiger partial charge in [-0.1, -0.05) is 0 Å². The number of benzene rings is 3. The minimum absolute atomic E-state index is 0.112. The quantitative estimate of drug-likeness (QED) is 0.104. The van der Waals surface area contributed by atoms with E-state index in [-0.39, 0.29) is 24.1 Å². The number of carbonyl (C=O) groups is 3. The van der Waals surface area contributed by atoms with Crippen molar-refractivity contribution < 1.29 is 28.3 Å². The predicted octanol–water partition coefficient (Wildman–Crippen LogP) is 5.20. The summed E-state index contributed by atoms with van der Waals surface area (Å²) < 4.78 is 20.6. The standard InChI is InChI=1S/C38H45N4O6/c1-8-41(19-9-11-27(43)12-10-20-42-36(44)17-18-37(42)45)31-24-32(46-6)30(23-35(31)47-7)38-28-15-13-25(39(2)3)21-33(28)48-34-22-26(40(4)5)14-16-29(34)38/h13-18,21-24H,8-12,19-20H2,1-7H3/q+1. The first-order chi connectivity index (χ1) is 23.1. The molecule has 0 spiro atoms. The molecular formula is C38H45N4O6+. The van der Waals surface area contributed by atoms with Gasteiger partial charge in [-0.2, -0.15) is 0 Å². The van der Waals surface area contributed by atoms with Gasteiger partial charge in [0.05, 0.1) is 26.0 Å². The highest BCUT2D eigenvalue weighted by atomic mass is 16.5. The van der Waals surface area contributed by atoms with E-state index in [0.29, 0.717) is 50.3 Å². The van der Waals surface area contributed by atoms with E-state index in [2.05, 4.69) is 57.7 Å². The van der Waals surface area contributed by atoms with E-state index in [1.807, 2.05) is 40.3 Å². The summed E-state index contributed by atoms with van der Waals surface area (Å²) in [6.07, 6.45) is 4.38. The predicted molar refractivity (Wildman–Crippen MR) is 190 cm³/mol. The van der Waals surface area contributed by atoms with Crippen molar-refractivity contribution in [1.29, 1.82) is 0 Å². The van der Waals surface area contributed by atoms with E-state index >= 15 is 0 Å². The van der Waals surface area contributed by atoms with Crippen LogP contribution in [0, 0.1) is 0 Å². The Morgan fingerprint density at radius 1 is 0.875 bits per heavy atom. The average molecular weight is 654 g/mol.